The number of benzene rings is 2. The van der Waals surface area contributed by atoms with Crippen LogP contribution in [0.3, 0.4) is 0 Å². The van der Waals surface area contributed by atoms with Crippen LogP contribution < -0.4 is 0 Å². The molecule has 174 valence electrons. The molecule has 3 fully saturated rings. The molecule has 8 heteroatoms. The summed E-state index contributed by atoms with van der Waals surface area (Å²) < 4.78 is 0. The molecule has 2 bridgehead atoms. The predicted octanol–water partition coefficient (Wildman–Crippen LogP) is 2.22. The number of fused-ring (bicyclic) bond motifs is 1. The second kappa shape index (κ2) is 6.97. The van der Waals surface area contributed by atoms with Crippen LogP contribution >= 0.6 is 0 Å². The molecular weight excluding hydrogens is 448 g/mol. The number of likely N-dealkylation sites (tertiary alicyclic amines) is 1. The van der Waals surface area contributed by atoms with Crippen molar-refractivity contribution in [2.45, 2.75) is 6.54 Å². The average molecular weight is 468 g/mol. The number of amides is 4. The fourth-order valence-electron chi connectivity index (χ4n) is 6.80. The average Bonchev–Trinajstić information content (AvgIpc) is 3.56. The van der Waals surface area contributed by atoms with Gasteiger partial charge in [-0.2, -0.15) is 0 Å². The summed E-state index contributed by atoms with van der Waals surface area (Å²) in [6.45, 7) is 0.242. The van der Waals surface area contributed by atoms with Gasteiger partial charge in [-0.3, -0.25) is 24.1 Å². The van der Waals surface area contributed by atoms with Gasteiger partial charge in [-0.1, -0.05) is 59.7 Å². The van der Waals surface area contributed by atoms with E-state index in [0.29, 0.717) is 5.06 Å². The number of carbonyl (C=O) groups is 5. The topological polar surface area (TPSA) is 101 Å². The maximum atomic E-state index is 13.3. The van der Waals surface area contributed by atoms with Crippen LogP contribution in [0.5, 0.6) is 0 Å². The summed E-state index contributed by atoms with van der Waals surface area (Å²) in [6.07, 6.45) is 3.92. The summed E-state index contributed by atoms with van der Waals surface area (Å²) >= 11 is 0. The molecule has 2 saturated carbocycles. The maximum Gasteiger partial charge on any atom is 0.336 e. The van der Waals surface area contributed by atoms with E-state index in [4.69, 9.17) is 4.84 Å². The summed E-state index contributed by atoms with van der Waals surface area (Å²) in [5, 5.41) is 0.533. The van der Waals surface area contributed by atoms with Gasteiger partial charge < -0.3 is 4.84 Å². The lowest BCUT2D eigenvalue weighted by molar-refractivity contribution is -0.171. The molecular formula is C27H20N2O6. The van der Waals surface area contributed by atoms with Gasteiger partial charge in [0.2, 0.25) is 11.8 Å². The molecule has 0 spiro atoms. The molecule has 2 heterocycles. The molecule has 35 heavy (non-hydrogen) atoms. The predicted molar refractivity (Wildman–Crippen MR) is 119 cm³/mol. The first kappa shape index (κ1) is 20.3. The highest BCUT2D eigenvalue weighted by atomic mass is 16.7. The summed E-state index contributed by atoms with van der Waals surface area (Å²) in [5.74, 6) is -4.66. The van der Waals surface area contributed by atoms with Crippen molar-refractivity contribution >= 4 is 29.6 Å². The van der Waals surface area contributed by atoms with Crippen LogP contribution in [0.2, 0.25) is 0 Å². The minimum absolute atomic E-state index is 0.137. The Bertz CT molecular complexity index is 1290. The van der Waals surface area contributed by atoms with Crippen molar-refractivity contribution < 1.29 is 28.8 Å². The Morgan fingerprint density at radius 2 is 1.26 bits per heavy atom. The smallest absolute Gasteiger partial charge is 0.329 e. The van der Waals surface area contributed by atoms with Crippen molar-refractivity contribution in [2.24, 2.45) is 41.4 Å². The first-order chi connectivity index (χ1) is 17.0. The molecule has 6 aliphatic rings. The van der Waals surface area contributed by atoms with E-state index in [1.54, 1.807) is 12.1 Å². The number of hydrogen-bond donors (Lipinski definition) is 0. The Hall–Kier alpha value is -4.07. The number of hydrogen-bond acceptors (Lipinski definition) is 6. The van der Waals surface area contributed by atoms with E-state index in [0.717, 1.165) is 5.56 Å². The van der Waals surface area contributed by atoms with Crippen molar-refractivity contribution in [2.75, 3.05) is 0 Å². The fourth-order valence-corrected chi connectivity index (χ4v) is 6.80. The van der Waals surface area contributed by atoms with E-state index in [2.05, 4.69) is 0 Å². The minimum atomic E-state index is -0.664. The lowest BCUT2D eigenvalue weighted by atomic mass is 9.63. The van der Waals surface area contributed by atoms with Crippen LogP contribution in [-0.2, 0) is 25.8 Å². The van der Waals surface area contributed by atoms with E-state index < -0.39 is 35.5 Å². The Balaban J connectivity index is 1.10. The molecule has 4 amide bonds. The first-order valence-corrected chi connectivity index (χ1v) is 11.7. The third-order valence-corrected chi connectivity index (χ3v) is 8.29. The molecule has 0 N–H and O–H groups in total. The van der Waals surface area contributed by atoms with E-state index in [1.165, 1.54) is 17.0 Å². The number of carbonyl (C=O) groups excluding carboxylic acids is 5. The second-order valence-corrected chi connectivity index (χ2v) is 9.88. The normalized spacial score (nSPS) is 33.7. The Morgan fingerprint density at radius 3 is 1.80 bits per heavy atom. The van der Waals surface area contributed by atoms with Crippen molar-refractivity contribution in [3.8, 4) is 0 Å². The maximum absolute atomic E-state index is 13.3. The third-order valence-electron chi connectivity index (χ3n) is 8.29. The second-order valence-electron chi connectivity index (χ2n) is 9.88. The van der Waals surface area contributed by atoms with Crippen LogP contribution in [0.25, 0.3) is 0 Å². The van der Waals surface area contributed by atoms with Crippen LogP contribution in [0.1, 0.15) is 26.3 Å². The molecule has 6 atom stereocenters. The minimum Gasteiger partial charge on any atom is -0.329 e. The molecule has 0 radical (unpaired) electrons. The van der Waals surface area contributed by atoms with Gasteiger partial charge >= 0.3 is 5.97 Å². The summed E-state index contributed by atoms with van der Waals surface area (Å²) in [5.41, 5.74) is 1.29. The summed E-state index contributed by atoms with van der Waals surface area (Å²) in [6, 6.07) is 15.7. The van der Waals surface area contributed by atoms with Gasteiger partial charge in [0.15, 0.2) is 0 Å². The molecule has 2 aromatic carbocycles. The van der Waals surface area contributed by atoms with Gasteiger partial charge in [0.25, 0.3) is 11.8 Å². The lowest BCUT2D eigenvalue weighted by Crippen LogP contribution is -2.40. The fraction of sp³-hybridized carbons (Fsp3) is 0.296. The van der Waals surface area contributed by atoms with Crippen molar-refractivity contribution in [1.82, 2.24) is 9.96 Å². The zero-order valence-electron chi connectivity index (χ0n) is 18.4. The zero-order valence-corrected chi connectivity index (χ0v) is 18.4. The first-order valence-electron chi connectivity index (χ1n) is 11.7. The SMILES string of the molecule is O=C(ON1C(=O)c2ccccc2C1=O)C1C2C3C=CC(C4C(=O)N(Cc5ccccc5)C(=O)C34)C12. The van der Waals surface area contributed by atoms with Crippen molar-refractivity contribution in [3.05, 3.63) is 83.4 Å². The van der Waals surface area contributed by atoms with E-state index in [1.807, 2.05) is 42.5 Å². The molecule has 4 aliphatic carbocycles. The molecule has 6 unspecified atom stereocenters. The molecule has 8 rings (SSSR count). The van der Waals surface area contributed by atoms with Crippen LogP contribution in [0, 0.1) is 41.4 Å². The number of hydroxylamine groups is 2. The number of rotatable bonds is 4. The van der Waals surface area contributed by atoms with Crippen LogP contribution in [-0.4, -0.2) is 39.6 Å². The van der Waals surface area contributed by atoms with Gasteiger partial charge in [0.05, 0.1) is 35.4 Å². The summed E-state index contributed by atoms with van der Waals surface area (Å²) in [7, 11) is 0. The monoisotopic (exact) mass is 468 g/mol. The van der Waals surface area contributed by atoms with E-state index >= 15 is 0 Å². The molecule has 8 nitrogen and oxygen atoms in total. The molecule has 1 saturated heterocycles. The largest absolute Gasteiger partial charge is 0.336 e. The van der Waals surface area contributed by atoms with Gasteiger partial charge in [-0.15, -0.1) is 0 Å². The lowest BCUT2D eigenvalue weighted by Gasteiger charge is -2.37. The highest BCUT2D eigenvalue weighted by Gasteiger charge is 2.74. The Morgan fingerprint density at radius 1 is 0.743 bits per heavy atom. The number of allylic oxidation sites excluding steroid dienone is 2. The molecule has 2 aliphatic heterocycles. The van der Waals surface area contributed by atoms with E-state index in [9.17, 15) is 24.0 Å². The van der Waals surface area contributed by atoms with Crippen LogP contribution in [0.15, 0.2) is 66.7 Å². The quantitative estimate of drug-likeness (QED) is 0.504. The standard InChI is InChI=1S/C27H20N2O6/c30-23-14-8-4-5-9-15(14)24(31)29(23)35-27(34)22-18-16-10-11-17(19(18)22)21-20(16)25(32)28(26(21)33)12-13-6-2-1-3-7-13/h1-11,16-22H,12H2. The van der Waals surface area contributed by atoms with Crippen molar-refractivity contribution in [3.63, 3.8) is 0 Å². The number of imide groups is 2. The van der Waals surface area contributed by atoms with Crippen LogP contribution in [0.4, 0.5) is 0 Å². The number of nitrogens with zero attached hydrogens (tertiary/aromatic N) is 2. The Labute approximate surface area is 200 Å². The third kappa shape index (κ3) is 2.65. The molecule has 2 aromatic rings. The zero-order chi connectivity index (χ0) is 24.0. The van der Waals surface area contributed by atoms with Gasteiger partial charge in [0.1, 0.15) is 0 Å². The van der Waals surface area contributed by atoms with Gasteiger partial charge in [-0.05, 0) is 41.4 Å². The Kier molecular flexibility index (Phi) is 4.05. The molecule has 0 aromatic heterocycles. The highest BCUT2D eigenvalue weighted by molar-refractivity contribution is 6.21. The van der Waals surface area contributed by atoms with Gasteiger partial charge in [-0.25, -0.2) is 4.79 Å². The summed E-state index contributed by atoms with van der Waals surface area (Å²) in [4.78, 5) is 71.6. The van der Waals surface area contributed by atoms with Gasteiger partial charge in [0, 0.05) is 0 Å². The van der Waals surface area contributed by atoms with Crippen molar-refractivity contribution in [1.29, 1.82) is 0 Å². The highest BCUT2D eigenvalue weighted by Crippen LogP contribution is 2.69. The van der Waals surface area contributed by atoms with E-state index in [-0.39, 0.29) is 53.2 Å².